The summed E-state index contributed by atoms with van der Waals surface area (Å²) in [7, 11) is 0. The number of thiazole rings is 1. The van der Waals surface area contributed by atoms with Crippen molar-refractivity contribution in [3.05, 3.63) is 54.7 Å². The van der Waals surface area contributed by atoms with Crippen molar-refractivity contribution < 1.29 is 4.79 Å². The van der Waals surface area contributed by atoms with E-state index in [1.54, 1.807) is 17.5 Å². The number of aromatic nitrogens is 2. The van der Waals surface area contributed by atoms with E-state index >= 15 is 0 Å². The van der Waals surface area contributed by atoms with Crippen molar-refractivity contribution in [3.8, 4) is 10.6 Å². The molecule has 0 saturated carbocycles. The van der Waals surface area contributed by atoms with E-state index in [2.05, 4.69) is 33.5 Å². The van der Waals surface area contributed by atoms with Gasteiger partial charge in [-0.3, -0.25) is 4.79 Å². The molecule has 3 aromatic rings. The molecule has 1 aromatic carbocycles. The Morgan fingerprint density at radius 2 is 2.08 bits per heavy atom. The van der Waals surface area contributed by atoms with Crippen LogP contribution in [0, 0.1) is 5.92 Å². The van der Waals surface area contributed by atoms with Gasteiger partial charge in [-0.25, -0.2) is 9.97 Å². The molecule has 1 N–H and O–H groups in total. The molecular formula is C19H17N3OS. The lowest BCUT2D eigenvalue weighted by molar-refractivity contribution is -0.120. The summed E-state index contributed by atoms with van der Waals surface area (Å²) < 4.78 is 1.16. The van der Waals surface area contributed by atoms with E-state index in [-0.39, 0.29) is 11.8 Å². The molecule has 120 valence electrons. The van der Waals surface area contributed by atoms with Gasteiger partial charge in [0.1, 0.15) is 10.8 Å². The number of fused-ring (bicyclic) bond motifs is 1. The highest BCUT2D eigenvalue weighted by Gasteiger charge is 2.19. The predicted molar refractivity (Wildman–Crippen MR) is 98.0 cm³/mol. The van der Waals surface area contributed by atoms with E-state index in [4.69, 9.17) is 0 Å². The quantitative estimate of drug-likeness (QED) is 0.709. The molecule has 0 aliphatic heterocycles. The van der Waals surface area contributed by atoms with Crippen LogP contribution in [-0.2, 0) is 4.79 Å². The third kappa shape index (κ3) is 3.08. The van der Waals surface area contributed by atoms with Crippen molar-refractivity contribution in [2.45, 2.75) is 19.3 Å². The summed E-state index contributed by atoms with van der Waals surface area (Å²) in [5.41, 5.74) is 1.97. The van der Waals surface area contributed by atoms with Crippen LogP contribution in [0.25, 0.3) is 20.8 Å². The summed E-state index contributed by atoms with van der Waals surface area (Å²) in [4.78, 5) is 21.3. The van der Waals surface area contributed by atoms with Gasteiger partial charge in [-0.05, 0) is 43.5 Å². The van der Waals surface area contributed by atoms with Crippen LogP contribution in [0.4, 0.5) is 5.82 Å². The standard InChI is InChI=1S/C19H17N3OS/c23-18(13-6-2-1-3-7-13)22-17-11-10-14(12-20-17)19-21-15-8-4-5-9-16(15)24-19/h1-2,4-5,8-13H,3,6-7H2,(H,20,22,23). The van der Waals surface area contributed by atoms with Gasteiger partial charge in [-0.1, -0.05) is 24.3 Å². The van der Waals surface area contributed by atoms with Gasteiger partial charge in [0.05, 0.1) is 10.2 Å². The number of benzene rings is 1. The molecule has 0 spiro atoms. The largest absolute Gasteiger partial charge is 0.310 e. The highest BCUT2D eigenvalue weighted by Crippen LogP contribution is 2.30. The third-order valence-corrected chi connectivity index (χ3v) is 5.28. The van der Waals surface area contributed by atoms with Crippen LogP contribution in [0.1, 0.15) is 19.3 Å². The summed E-state index contributed by atoms with van der Waals surface area (Å²) in [6, 6.07) is 11.9. The lowest BCUT2D eigenvalue weighted by atomic mass is 9.94. The number of carbonyl (C=O) groups is 1. The second-order valence-corrected chi connectivity index (χ2v) is 6.92. The first-order chi connectivity index (χ1) is 11.8. The Kier molecular flexibility index (Phi) is 4.09. The van der Waals surface area contributed by atoms with E-state index < -0.39 is 0 Å². The summed E-state index contributed by atoms with van der Waals surface area (Å²) in [5.74, 6) is 0.708. The molecule has 0 bridgehead atoms. The van der Waals surface area contributed by atoms with Crippen LogP contribution in [0.2, 0.25) is 0 Å². The van der Waals surface area contributed by atoms with E-state index in [9.17, 15) is 4.79 Å². The number of carbonyl (C=O) groups excluding carboxylic acids is 1. The number of nitrogens with zero attached hydrogens (tertiary/aromatic N) is 2. The molecule has 4 nitrogen and oxygen atoms in total. The number of pyridine rings is 1. The highest BCUT2D eigenvalue weighted by molar-refractivity contribution is 7.21. The third-order valence-electron chi connectivity index (χ3n) is 4.20. The first-order valence-corrected chi connectivity index (χ1v) is 8.89. The minimum Gasteiger partial charge on any atom is -0.310 e. The molecule has 0 saturated heterocycles. The topological polar surface area (TPSA) is 54.9 Å². The van der Waals surface area contributed by atoms with Gasteiger partial charge in [0.15, 0.2) is 0 Å². The molecule has 1 unspecified atom stereocenters. The molecule has 5 heteroatoms. The van der Waals surface area contributed by atoms with Crippen molar-refractivity contribution >= 4 is 33.3 Å². The molecule has 0 fully saturated rings. The summed E-state index contributed by atoms with van der Waals surface area (Å²) in [5, 5.41) is 3.86. The van der Waals surface area contributed by atoms with E-state index in [0.29, 0.717) is 5.82 Å². The minimum atomic E-state index is 0.0552. The maximum atomic E-state index is 12.2. The summed E-state index contributed by atoms with van der Waals surface area (Å²) >= 11 is 1.65. The zero-order valence-electron chi connectivity index (χ0n) is 13.1. The molecule has 1 atom stereocenters. The Bertz CT molecular complexity index is 865. The maximum absolute atomic E-state index is 12.2. The fraction of sp³-hybridized carbons (Fsp3) is 0.211. The van der Waals surface area contributed by atoms with Crippen molar-refractivity contribution in [3.63, 3.8) is 0 Å². The average Bonchev–Trinajstić information content (AvgIpc) is 3.07. The van der Waals surface area contributed by atoms with Gasteiger partial charge in [-0.2, -0.15) is 0 Å². The molecule has 24 heavy (non-hydrogen) atoms. The van der Waals surface area contributed by atoms with Crippen LogP contribution < -0.4 is 5.32 Å². The lowest BCUT2D eigenvalue weighted by Gasteiger charge is -2.16. The smallest absolute Gasteiger partial charge is 0.228 e. The van der Waals surface area contributed by atoms with Crippen LogP contribution in [0.5, 0.6) is 0 Å². The SMILES string of the molecule is O=C(Nc1ccc(-c2nc3ccccc3s2)cn1)C1CC=CCC1. The van der Waals surface area contributed by atoms with Crippen molar-refractivity contribution in [1.82, 2.24) is 9.97 Å². The number of amides is 1. The van der Waals surface area contributed by atoms with Crippen LogP contribution >= 0.6 is 11.3 Å². The van der Waals surface area contributed by atoms with Gasteiger partial charge >= 0.3 is 0 Å². The Balaban J connectivity index is 1.50. The van der Waals surface area contributed by atoms with Crippen LogP contribution in [-0.4, -0.2) is 15.9 Å². The number of hydrogen-bond donors (Lipinski definition) is 1. The number of anilines is 1. The summed E-state index contributed by atoms with van der Waals surface area (Å²) in [6.45, 7) is 0. The van der Waals surface area contributed by atoms with Crippen LogP contribution in [0.3, 0.4) is 0 Å². The number of allylic oxidation sites excluding steroid dienone is 2. The Labute approximate surface area is 144 Å². The van der Waals surface area contributed by atoms with E-state index in [1.807, 2.05) is 30.3 Å². The minimum absolute atomic E-state index is 0.0552. The van der Waals surface area contributed by atoms with E-state index in [1.165, 1.54) is 0 Å². The normalized spacial score (nSPS) is 17.1. The Morgan fingerprint density at radius 1 is 1.17 bits per heavy atom. The first kappa shape index (κ1) is 15.0. The average molecular weight is 335 g/mol. The van der Waals surface area contributed by atoms with E-state index in [0.717, 1.165) is 40.1 Å². The lowest BCUT2D eigenvalue weighted by Crippen LogP contribution is -2.23. The van der Waals surface area contributed by atoms with Gasteiger partial charge in [0.25, 0.3) is 0 Å². The fourth-order valence-corrected chi connectivity index (χ4v) is 3.81. The summed E-state index contributed by atoms with van der Waals surface area (Å²) in [6.07, 6.45) is 8.68. The monoisotopic (exact) mass is 335 g/mol. The molecule has 2 aromatic heterocycles. The second-order valence-electron chi connectivity index (χ2n) is 5.89. The first-order valence-electron chi connectivity index (χ1n) is 8.07. The van der Waals surface area contributed by atoms with Crippen molar-refractivity contribution in [2.24, 2.45) is 5.92 Å². The maximum Gasteiger partial charge on any atom is 0.228 e. The zero-order valence-corrected chi connectivity index (χ0v) is 13.9. The van der Waals surface area contributed by atoms with Gasteiger partial charge in [0, 0.05) is 17.7 Å². The molecule has 1 amide bonds. The molecule has 4 rings (SSSR count). The van der Waals surface area contributed by atoms with Crippen molar-refractivity contribution in [1.29, 1.82) is 0 Å². The number of rotatable bonds is 3. The molecule has 2 heterocycles. The van der Waals surface area contributed by atoms with Crippen LogP contribution in [0.15, 0.2) is 54.7 Å². The molecule has 1 aliphatic carbocycles. The molecule has 1 aliphatic rings. The Hall–Kier alpha value is -2.53. The number of para-hydroxylation sites is 1. The fourth-order valence-electron chi connectivity index (χ4n) is 2.85. The molecule has 0 radical (unpaired) electrons. The predicted octanol–water partition coefficient (Wildman–Crippen LogP) is 4.65. The second kappa shape index (κ2) is 6.53. The zero-order chi connectivity index (χ0) is 16.4. The van der Waals surface area contributed by atoms with Gasteiger partial charge < -0.3 is 5.32 Å². The molecular weight excluding hydrogens is 318 g/mol. The Morgan fingerprint density at radius 3 is 2.83 bits per heavy atom. The number of hydrogen-bond acceptors (Lipinski definition) is 4. The number of nitrogens with one attached hydrogen (secondary N) is 1. The van der Waals surface area contributed by atoms with Gasteiger partial charge in [-0.15, -0.1) is 11.3 Å². The van der Waals surface area contributed by atoms with Crippen molar-refractivity contribution in [2.75, 3.05) is 5.32 Å². The highest BCUT2D eigenvalue weighted by atomic mass is 32.1. The van der Waals surface area contributed by atoms with Gasteiger partial charge in [0.2, 0.25) is 5.91 Å².